The van der Waals surface area contributed by atoms with Crippen molar-refractivity contribution in [2.75, 3.05) is 12.3 Å². The quantitative estimate of drug-likeness (QED) is 0.305. The number of imidazole rings is 1. The number of aliphatic hydroxyl groups is 2. The van der Waals surface area contributed by atoms with Gasteiger partial charge in [0.1, 0.15) is 18.4 Å². The number of nitrogens with one attached hydrogen (secondary N) is 1. The highest BCUT2D eigenvalue weighted by Gasteiger charge is 2.44. The smallest absolute Gasteiger partial charge is 0.278 e. The van der Waals surface area contributed by atoms with E-state index < -0.39 is 36.6 Å². The van der Waals surface area contributed by atoms with Gasteiger partial charge in [0.05, 0.1) is 19.0 Å². The number of anilines is 1. The van der Waals surface area contributed by atoms with Gasteiger partial charge in [0.15, 0.2) is 11.2 Å². The third kappa shape index (κ3) is 2.07. The first-order valence-electron chi connectivity index (χ1n) is 6.27. The van der Waals surface area contributed by atoms with Gasteiger partial charge in [-0.3, -0.25) is 14.3 Å². The topological polar surface area (TPSA) is 188 Å². The molecule has 116 valence electrons. The maximum atomic E-state index is 12.0. The van der Waals surface area contributed by atoms with Crippen molar-refractivity contribution in [1.29, 1.82) is 0 Å². The number of hydrogen-bond donors (Lipinski definition) is 4. The van der Waals surface area contributed by atoms with Crippen LogP contribution < -0.4 is 11.3 Å². The summed E-state index contributed by atoms with van der Waals surface area (Å²) in [4.78, 5) is 24.8. The Hall–Kier alpha value is -2.66. The zero-order valence-electron chi connectivity index (χ0n) is 11.1. The fraction of sp³-hybridized carbons (Fsp3) is 0.500. The van der Waals surface area contributed by atoms with Crippen LogP contribution in [0.4, 0.5) is 5.95 Å². The standard InChI is InChI=1S/C10H12N8O4/c11-10-14-7-5(8(21)15-10)18(2-13-7)9-4(16-17-12)6(20)3(1-19)22-9/h2-4,6,9,19-20H,1H2,(H3,11,14,15,21)/t3-,4+,6?,9-/m1/s1. The van der Waals surface area contributed by atoms with Crippen LogP contribution in [0, 0.1) is 0 Å². The number of aromatic amines is 1. The minimum absolute atomic E-state index is 0.0585. The van der Waals surface area contributed by atoms with Gasteiger partial charge in [-0.1, -0.05) is 5.11 Å². The van der Waals surface area contributed by atoms with Crippen molar-refractivity contribution in [2.24, 2.45) is 5.11 Å². The molecule has 2 aromatic heterocycles. The van der Waals surface area contributed by atoms with E-state index in [1.54, 1.807) is 0 Å². The molecule has 12 heteroatoms. The van der Waals surface area contributed by atoms with Crippen molar-refractivity contribution in [1.82, 2.24) is 19.5 Å². The molecule has 12 nitrogen and oxygen atoms in total. The Kier molecular flexibility index (Phi) is 3.42. The molecular formula is C10H12N8O4. The number of H-pyrrole nitrogens is 1. The number of rotatable bonds is 3. The molecule has 0 amide bonds. The molecule has 1 saturated heterocycles. The first-order valence-corrected chi connectivity index (χ1v) is 6.27. The summed E-state index contributed by atoms with van der Waals surface area (Å²) < 4.78 is 6.76. The first kappa shape index (κ1) is 14.3. The van der Waals surface area contributed by atoms with Crippen molar-refractivity contribution < 1.29 is 14.9 Å². The molecule has 1 aliphatic rings. The number of aliphatic hydroxyl groups excluding tert-OH is 2. The number of nitrogens with zero attached hydrogens (tertiary/aromatic N) is 6. The van der Waals surface area contributed by atoms with E-state index >= 15 is 0 Å². The summed E-state index contributed by atoms with van der Waals surface area (Å²) in [5.74, 6) is -0.0880. The minimum atomic E-state index is -1.22. The molecule has 0 saturated carbocycles. The van der Waals surface area contributed by atoms with E-state index in [2.05, 4.69) is 25.0 Å². The number of nitrogens with two attached hydrogens (primary N) is 1. The number of ether oxygens (including phenoxy) is 1. The molecule has 0 radical (unpaired) electrons. The summed E-state index contributed by atoms with van der Waals surface area (Å²) in [5, 5.41) is 22.7. The van der Waals surface area contributed by atoms with Gasteiger partial charge in [0.2, 0.25) is 5.95 Å². The summed E-state index contributed by atoms with van der Waals surface area (Å²) in [6, 6.07) is -1.03. The zero-order chi connectivity index (χ0) is 15.9. The van der Waals surface area contributed by atoms with Crippen LogP contribution in [0.15, 0.2) is 16.2 Å². The normalized spacial score (nSPS) is 27.9. The summed E-state index contributed by atoms with van der Waals surface area (Å²) in [5.41, 5.74) is 13.7. The molecule has 0 spiro atoms. The van der Waals surface area contributed by atoms with Gasteiger partial charge in [0, 0.05) is 4.91 Å². The second-order valence-electron chi connectivity index (χ2n) is 4.71. The van der Waals surface area contributed by atoms with E-state index in [1.807, 2.05) is 0 Å². The average Bonchev–Trinajstić information content (AvgIpc) is 3.02. The number of aromatic nitrogens is 4. The minimum Gasteiger partial charge on any atom is -0.394 e. The zero-order valence-corrected chi connectivity index (χ0v) is 11.1. The number of hydrogen-bond acceptors (Lipinski definition) is 8. The molecule has 2 aromatic rings. The van der Waals surface area contributed by atoms with E-state index in [1.165, 1.54) is 10.9 Å². The lowest BCUT2D eigenvalue weighted by molar-refractivity contribution is -0.0435. The maximum absolute atomic E-state index is 12.0. The lowest BCUT2D eigenvalue weighted by Gasteiger charge is -2.17. The summed E-state index contributed by atoms with van der Waals surface area (Å²) in [6.45, 7) is -0.469. The molecule has 0 bridgehead atoms. The molecule has 1 aliphatic heterocycles. The van der Waals surface area contributed by atoms with Gasteiger partial charge in [-0.2, -0.15) is 4.98 Å². The molecule has 3 rings (SSSR count). The second kappa shape index (κ2) is 5.27. The molecule has 5 N–H and O–H groups in total. The van der Waals surface area contributed by atoms with Crippen molar-refractivity contribution in [3.05, 3.63) is 27.1 Å². The lowest BCUT2D eigenvalue weighted by Crippen LogP contribution is -2.32. The van der Waals surface area contributed by atoms with Crippen LogP contribution in [0.3, 0.4) is 0 Å². The number of fused-ring (bicyclic) bond motifs is 1. The Morgan fingerprint density at radius 2 is 2.41 bits per heavy atom. The van der Waals surface area contributed by atoms with E-state index in [0.717, 1.165) is 0 Å². The van der Waals surface area contributed by atoms with Crippen LogP contribution >= 0.6 is 0 Å². The first-order chi connectivity index (χ1) is 10.6. The van der Waals surface area contributed by atoms with Gasteiger partial charge < -0.3 is 20.7 Å². The molecule has 0 aromatic carbocycles. The molecule has 0 aliphatic carbocycles. The van der Waals surface area contributed by atoms with Gasteiger partial charge in [-0.15, -0.1) is 0 Å². The van der Waals surface area contributed by atoms with E-state index in [-0.39, 0.29) is 17.1 Å². The van der Waals surface area contributed by atoms with Crippen molar-refractivity contribution >= 4 is 17.1 Å². The summed E-state index contributed by atoms with van der Waals surface area (Å²) in [6.07, 6.45) is -1.90. The highest BCUT2D eigenvalue weighted by Crippen LogP contribution is 2.33. The second-order valence-corrected chi connectivity index (χ2v) is 4.71. The third-order valence-electron chi connectivity index (χ3n) is 3.43. The van der Waals surface area contributed by atoms with Crippen LogP contribution in [0.5, 0.6) is 0 Å². The van der Waals surface area contributed by atoms with Crippen molar-refractivity contribution in [3.8, 4) is 0 Å². The van der Waals surface area contributed by atoms with E-state index in [9.17, 15) is 15.0 Å². The Morgan fingerprint density at radius 1 is 1.64 bits per heavy atom. The number of azide groups is 1. The summed E-state index contributed by atoms with van der Waals surface area (Å²) >= 11 is 0. The molecule has 1 unspecified atom stereocenters. The fourth-order valence-corrected chi connectivity index (χ4v) is 2.46. The highest BCUT2D eigenvalue weighted by atomic mass is 16.5. The SMILES string of the molecule is [N-]=[N+]=N[C@H]1C(O)[C@@H](CO)O[C@H]1n1cnc2nc(N)[nH]c(=O)c21. The molecule has 3 heterocycles. The molecule has 4 atom stereocenters. The van der Waals surface area contributed by atoms with Crippen LogP contribution in [0.25, 0.3) is 21.6 Å². The van der Waals surface area contributed by atoms with E-state index in [4.69, 9.17) is 16.0 Å². The third-order valence-corrected chi connectivity index (χ3v) is 3.43. The average molecular weight is 308 g/mol. The van der Waals surface area contributed by atoms with Crippen LogP contribution in [0.2, 0.25) is 0 Å². The van der Waals surface area contributed by atoms with Gasteiger partial charge in [0.25, 0.3) is 5.56 Å². The van der Waals surface area contributed by atoms with Crippen molar-refractivity contribution in [3.63, 3.8) is 0 Å². The number of nitrogen functional groups attached to an aromatic ring is 1. The van der Waals surface area contributed by atoms with Crippen LogP contribution in [-0.4, -0.2) is 54.6 Å². The Bertz CT molecular complexity index is 809. The molecule has 22 heavy (non-hydrogen) atoms. The van der Waals surface area contributed by atoms with Gasteiger partial charge in [-0.05, 0) is 5.53 Å². The lowest BCUT2D eigenvalue weighted by atomic mass is 10.1. The predicted octanol–water partition coefficient (Wildman–Crippen LogP) is -1.37. The van der Waals surface area contributed by atoms with Gasteiger partial charge >= 0.3 is 0 Å². The maximum Gasteiger partial charge on any atom is 0.278 e. The molecular weight excluding hydrogens is 296 g/mol. The largest absolute Gasteiger partial charge is 0.394 e. The molecule has 1 fully saturated rings. The van der Waals surface area contributed by atoms with E-state index in [0.29, 0.717) is 0 Å². The predicted molar refractivity (Wildman–Crippen MR) is 72.5 cm³/mol. The van der Waals surface area contributed by atoms with Gasteiger partial charge in [-0.25, -0.2) is 4.98 Å². The Labute approximate surface area is 121 Å². The highest BCUT2D eigenvalue weighted by molar-refractivity contribution is 5.70. The fourth-order valence-electron chi connectivity index (χ4n) is 2.46. The Morgan fingerprint density at radius 3 is 3.09 bits per heavy atom. The monoisotopic (exact) mass is 308 g/mol. The Balaban J connectivity index is 2.14. The van der Waals surface area contributed by atoms with Crippen LogP contribution in [-0.2, 0) is 4.74 Å². The van der Waals surface area contributed by atoms with Crippen molar-refractivity contribution in [2.45, 2.75) is 24.5 Å². The summed E-state index contributed by atoms with van der Waals surface area (Å²) in [7, 11) is 0. The van der Waals surface area contributed by atoms with Crippen LogP contribution in [0.1, 0.15) is 6.23 Å².